The maximum Gasteiger partial charge on any atom is 0.416 e. The Morgan fingerprint density at radius 1 is 0.977 bits per heavy atom. The van der Waals surface area contributed by atoms with Crippen LogP contribution in [0.1, 0.15) is 43.7 Å². The van der Waals surface area contributed by atoms with Crippen molar-refractivity contribution in [1.29, 1.82) is 0 Å². The highest BCUT2D eigenvalue weighted by atomic mass is 32.2. The molecule has 0 radical (unpaired) electrons. The van der Waals surface area contributed by atoms with E-state index in [2.05, 4.69) is 5.32 Å². The Hall–Kier alpha value is -4.06. The molecule has 0 unspecified atom stereocenters. The molecule has 1 atom stereocenters. The highest BCUT2D eigenvalue weighted by molar-refractivity contribution is 7.92. The average Bonchev–Trinajstić information content (AvgIpc) is 3.51. The number of carbonyl (C=O) groups is 2. The van der Waals surface area contributed by atoms with Crippen LogP contribution in [-0.2, 0) is 32.3 Å². The van der Waals surface area contributed by atoms with Crippen molar-refractivity contribution in [2.24, 2.45) is 0 Å². The first-order valence-corrected chi connectivity index (χ1v) is 15.3. The number of methoxy groups -OCH3 is 1. The summed E-state index contributed by atoms with van der Waals surface area (Å²) in [7, 11) is -2.98. The second kappa shape index (κ2) is 13.5. The van der Waals surface area contributed by atoms with Crippen molar-refractivity contribution in [2.75, 3.05) is 18.0 Å². The van der Waals surface area contributed by atoms with Gasteiger partial charge in [0, 0.05) is 12.6 Å². The molecule has 12 heteroatoms. The summed E-state index contributed by atoms with van der Waals surface area (Å²) in [6.45, 7) is 0.658. The molecule has 3 aromatic carbocycles. The monoisotopic (exact) mass is 617 g/mol. The number of nitrogens with zero attached hydrogens (tertiary/aromatic N) is 2. The number of hydrogen-bond donors (Lipinski definition) is 1. The molecule has 1 aliphatic carbocycles. The number of halogens is 3. The Balaban J connectivity index is 1.71. The number of ether oxygens (including phenoxy) is 1. The summed E-state index contributed by atoms with van der Waals surface area (Å²) in [4.78, 5) is 28.3. The van der Waals surface area contributed by atoms with Gasteiger partial charge in [-0.3, -0.25) is 13.9 Å². The summed E-state index contributed by atoms with van der Waals surface area (Å²) >= 11 is 0. The van der Waals surface area contributed by atoms with Crippen molar-refractivity contribution >= 4 is 27.5 Å². The van der Waals surface area contributed by atoms with E-state index in [-0.39, 0.29) is 23.2 Å². The topological polar surface area (TPSA) is 96.0 Å². The van der Waals surface area contributed by atoms with Gasteiger partial charge in [-0.25, -0.2) is 8.42 Å². The van der Waals surface area contributed by atoms with Gasteiger partial charge in [-0.05, 0) is 67.8 Å². The van der Waals surface area contributed by atoms with E-state index in [4.69, 9.17) is 4.74 Å². The number of amides is 2. The molecular formula is C31H34F3N3O5S. The summed E-state index contributed by atoms with van der Waals surface area (Å²) in [5.74, 6) is -0.578. The number of benzene rings is 3. The van der Waals surface area contributed by atoms with E-state index in [1.54, 1.807) is 37.3 Å². The SMILES string of the molecule is COc1ccc(CN(C(=O)CN(c2cccc(C(F)(F)F)c2)S(=O)(=O)c2ccccc2)[C@H](C)C(=O)NC2CCCC2)cc1. The summed E-state index contributed by atoms with van der Waals surface area (Å²) < 4.78 is 74.3. The minimum Gasteiger partial charge on any atom is -0.497 e. The number of nitrogens with one attached hydrogen (secondary N) is 1. The van der Waals surface area contributed by atoms with Crippen LogP contribution in [0.4, 0.5) is 18.9 Å². The predicted octanol–water partition coefficient (Wildman–Crippen LogP) is 5.39. The van der Waals surface area contributed by atoms with Gasteiger partial charge >= 0.3 is 6.18 Å². The largest absolute Gasteiger partial charge is 0.497 e. The lowest BCUT2D eigenvalue weighted by atomic mass is 10.1. The van der Waals surface area contributed by atoms with Crippen molar-refractivity contribution in [3.05, 3.63) is 90.0 Å². The van der Waals surface area contributed by atoms with Crippen molar-refractivity contribution in [1.82, 2.24) is 10.2 Å². The third-order valence-corrected chi connectivity index (χ3v) is 9.24. The minimum absolute atomic E-state index is 0.0204. The molecule has 0 heterocycles. The fraction of sp³-hybridized carbons (Fsp3) is 0.355. The number of anilines is 1. The molecule has 0 saturated heterocycles. The smallest absolute Gasteiger partial charge is 0.416 e. The number of carbonyl (C=O) groups excluding carboxylic acids is 2. The Kier molecular flexibility index (Phi) is 10.0. The number of hydrogen-bond acceptors (Lipinski definition) is 5. The van der Waals surface area contributed by atoms with E-state index in [9.17, 15) is 31.2 Å². The molecule has 230 valence electrons. The van der Waals surface area contributed by atoms with Crippen LogP contribution in [0.3, 0.4) is 0 Å². The van der Waals surface area contributed by atoms with Crippen molar-refractivity contribution < 1.29 is 35.9 Å². The average molecular weight is 618 g/mol. The summed E-state index contributed by atoms with van der Waals surface area (Å²) in [6, 6.07) is 16.7. The van der Waals surface area contributed by atoms with Gasteiger partial charge in [0.15, 0.2) is 0 Å². The molecule has 43 heavy (non-hydrogen) atoms. The highest BCUT2D eigenvalue weighted by Gasteiger charge is 2.35. The number of alkyl halides is 3. The molecule has 1 fully saturated rings. The summed E-state index contributed by atoms with van der Waals surface area (Å²) in [6.07, 6.45) is -1.13. The van der Waals surface area contributed by atoms with Crippen LogP contribution in [0.2, 0.25) is 0 Å². The Bertz CT molecular complexity index is 1510. The van der Waals surface area contributed by atoms with Crippen molar-refractivity contribution in [2.45, 2.75) is 62.3 Å². The lowest BCUT2D eigenvalue weighted by molar-refractivity contribution is -0.139. The van der Waals surface area contributed by atoms with Crippen LogP contribution in [0.25, 0.3) is 0 Å². The van der Waals surface area contributed by atoms with E-state index in [1.165, 1.54) is 42.3 Å². The quantitative estimate of drug-likeness (QED) is 0.312. The summed E-state index contributed by atoms with van der Waals surface area (Å²) in [5, 5.41) is 2.97. The van der Waals surface area contributed by atoms with Crippen LogP contribution < -0.4 is 14.4 Å². The van der Waals surface area contributed by atoms with E-state index < -0.39 is 46.2 Å². The fourth-order valence-corrected chi connectivity index (χ4v) is 6.42. The predicted molar refractivity (Wildman–Crippen MR) is 156 cm³/mol. The van der Waals surface area contributed by atoms with E-state index in [1.807, 2.05) is 0 Å². The summed E-state index contributed by atoms with van der Waals surface area (Å²) in [5.41, 5.74) is -0.754. The lowest BCUT2D eigenvalue weighted by Gasteiger charge is -2.32. The molecule has 1 N–H and O–H groups in total. The van der Waals surface area contributed by atoms with E-state index in [0.717, 1.165) is 37.8 Å². The first-order chi connectivity index (χ1) is 20.4. The minimum atomic E-state index is -4.74. The standard InChI is InChI=1S/C31H34F3N3O5S/c1-22(30(39)35-25-10-6-7-11-25)36(20-23-15-17-27(42-2)18-16-23)29(38)21-37(43(40,41)28-13-4-3-5-14-28)26-12-8-9-24(19-26)31(32,33)34/h3-5,8-9,12-19,22,25H,6-7,10-11,20-21H2,1-2H3,(H,35,39)/t22-/m1/s1. The van der Waals surface area contributed by atoms with Gasteiger partial charge in [0.25, 0.3) is 10.0 Å². The van der Waals surface area contributed by atoms with Crippen LogP contribution in [0.5, 0.6) is 5.75 Å². The first kappa shape index (κ1) is 31.9. The molecule has 0 bridgehead atoms. The third-order valence-electron chi connectivity index (χ3n) is 7.45. The molecule has 0 spiro atoms. The molecule has 3 aromatic rings. The van der Waals surface area contributed by atoms with Crippen molar-refractivity contribution in [3.8, 4) is 5.75 Å². The first-order valence-electron chi connectivity index (χ1n) is 13.9. The van der Waals surface area contributed by atoms with Crippen LogP contribution in [-0.4, -0.2) is 50.9 Å². The normalized spacial score (nSPS) is 14.6. The number of sulfonamides is 1. The highest BCUT2D eigenvalue weighted by Crippen LogP contribution is 2.33. The maximum atomic E-state index is 14.0. The molecule has 8 nitrogen and oxygen atoms in total. The van der Waals surface area contributed by atoms with Crippen molar-refractivity contribution in [3.63, 3.8) is 0 Å². The van der Waals surface area contributed by atoms with Gasteiger partial charge in [0.2, 0.25) is 11.8 Å². The zero-order valence-corrected chi connectivity index (χ0v) is 24.7. The second-order valence-electron chi connectivity index (χ2n) is 10.4. The zero-order chi connectivity index (χ0) is 31.2. The molecule has 4 rings (SSSR count). The van der Waals surface area contributed by atoms with Gasteiger partial charge < -0.3 is 15.0 Å². The Morgan fingerprint density at radius 3 is 2.23 bits per heavy atom. The van der Waals surface area contributed by atoms with Crippen LogP contribution in [0, 0.1) is 0 Å². The van der Waals surface area contributed by atoms with Gasteiger partial charge in [0.1, 0.15) is 18.3 Å². The molecule has 1 saturated carbocycles. The molecule has 0 aromatic heterocycles. The molecule has 1 aliphatic rings. The second-order valence-corrected chi connectivity index (χ2v) is 12.3. The Morgan fingerprint density at radius 2 is 1.63 bits per heavy atom. The van der Waals surface area contributed by atoms with Gasteiger partial charge in [-0.2, -0.15) is 13.2 Å². The lowest BCUT2D eigenvalue weighted by Crippen LogP contribution is -2.52. The maximum absolute atomic E-state index is 14.0. The molecule has 2 amide bonds. The Labute approximate surface area is 249 Å². The molecule has 0 aliphatic heterocycles. The van der Waals surface area contributed by atoms with Gasteiger partial charge in [-0.15, -0.1) is 0 Å². The van der Waals surface area contributed by atoms with Crippen LogP contribution >= 0.6 is 0 Å². The fourth-order valence-electron chi connectivity index (χ4n) is 4.99. The zero-order valence-electron chi connectivity index (χ0n) is 23.9. The third kappa shape index (κ3) is 7.86. The van der Waals surface area contributed by atoms with E-state index in [0.29, 0.717) is 21.7 Å². The molecular weight excluding hydrogens is 583 g/mol. The van der Waals surface area contributed by atoms with Gasteiger partial charge in [-0.1, -0.05) is 49.2 Å². The van der Waals surface area contributed by atoms with Gasteiger partial charge in [0.05, 0.1) is 23.3 Å². The van der Waals surface area contributed by atoms with E-state index >= 15 is 0 Å². The number of rotatable bonds is 11. The van der Waals surface area contributed by atoms with Crippen LogP contribution in [0.15, 0.2) is 83.8 Å².